The third-order valence-corrected chi connectivity index (χ3v) is 6.01. The van der Waals surface area contributed by atoms with Crippen molar-refractivity contribution in [2.75, 3.05) is 26.3 Å². The van der Waals surface area contributed by atoms with Gasteiger partial charge in [-0.1, -0.05) is 17.7 Å². The molecule has 0 radical (unpaired) electrons. The van der Waals surface area contributed by atoms with Gasteiger partial charge < -0.3 is 14.4 Å². The van der Waals surface area contributed by atoms with E-state index in [1.165, 1.54) is 12.1 Å². The molecule has 0 saturated carbocycles. The van der Waals surface area contributed by atoms with Crippen molar-refractivity contribution in [3.8, 4) is 17.6 Å². The summed E-state index contributed by atoms with van der Waals surface area (Å²) in [7, 11) is 0. The minimum Gasteiger partial charge on any atom is -0.492 e. The Morgan fingerprint density at radius 1 is 1.32 bits per heavy atom. The first-order chi connectivity index (χ1) is 15.0. The highest BCUT2D eigenvalue weighted by atomic mass is 35.5. The van der Waals surface area contributed by atoms with Crippen molar-refractivity contribution in [2.45, 2.75) is 19.3 Å². The van der Waals surface area contributed by atoms with Gasteiger partial charge in [-0.25, -0.2) is 4.39 Å². The molecule has 2 heterocycles. The zero-order valence-corrected chi connectivity index (χ0v) is 17.5. The van der Waals surface area contributed by atoms with E-state index in [4.69, 9.17) is 26.3 Å². The van der Waals surface area contributed by atoms with E-state index in [0.717, 1.165) is 0 Å². The smallest absolute Gasteiger partial charge is 0.256 e. The second-order valence-corrected chi connectivity index (χ2v) is 8.10. The average molecular weight is 443 g/mol. The number of hydrogen-bond donors (Lipinski definition) is 0. The van der Waals surface area contributed by atoms with Crippen molar-refractivity contribution in [3.63, 3.8) is 0 Å². The van der Waals surface area contributed by atoms with Gasteiger partial charge in [0.25, 0.3) is 5.91 Å². The van der Waals surface area contributed by atoms with Crippen molar-refractivity contribution in [3.05, 3.63) is 57.9 Å². The van der Waals surface area contributed by atoms with E-state index in [0.29, 0.717) is 60.2 Å². The maximum atomic E-state index is 14.5. The van der Waals surface area contributed by atoms with Crippen molar-refractivity contribution >= 4 is 23.3 Å². The van der Waals surface area contributed by atoms with E-state index in [1.807, 2.05) is 6.07 Å². The molecule has 2 aliphatic rings. The van der Waals surface area contributed by atoms with Gasteiger partial charge in [-0.3, -0.25) is 9.59 Å². The third kappa shape index (κ3) is 4.49. The number of nitriles is 1. The first kappa shape index (κ1) is 21.1. The number of ether oxygens (including phenoxy) is 2. The molecule has 31 heavy (non-hydrogen) atoms. The number of nitrogens with zero attached hydrogens (tertiary/aromatic N) is 2. The first-order valence-corrected chi connectivity index (χ1v) is 10.4. The van der Waals surface area contributed by atoms with Gasteiger partial charge >= 0.3 is 0 Å². The van der Waals surface area contributed by atoms with Crippen LogP contribution in [0.3, 0.4) is 0 Å². The van der Waals surface area contributed by atoms with Crippen LogP contribution < -0.4 is 9.47 Å². The predicted octanol–water partition coefficient (Wildman–Crippen LogP) is 3.79. The molecule has 1 fully saturated rings. The topological polar surface area (TPSA) is 79.6 Å². The van der Waals surface area contributed by atoms with E-state index in [9.17, 15) is 14.0 Å². The van der Waals surface area contributed by atoms with Crippen LogP contribution in [0, 0.1) is 23.1 Å². The Labute approximate surface area is 184 Å². The lowest BCUT2D eigenvalue weighted by Gasteiger charge is -2.32. The number of carbonyl (C=O) groups excluding carboxylic acids is 2. The molecule has 0 aliphatic carbocycles. The fourth-order valence-electron chi connectivity index (χ4n) is 3.85. The summed E-state index contributed by atoms with van der Waals surface area (Å²) in [5.41, 5.74) is 0.867. The van der Waals surface area contributed by atoms with Gasteiger partial charge in [-0.05, 0) is 37.0 Å². The average Bonchev–Trinajstić information content (AvgIpc) is 2.78. The van der Waals surface area contributed by atoms with E-state index >= 15 is 0 Å². The van der Waals surface area contributed by atoms with E-state index < -0.39 is 5.82 Å². The molecule has 2 aromatic rings. The Hall–Kier alpha value is -3.11. The molecule has 6 nitrogen and oxygen atoms in total. The van der Waals surface area contributed by atoms with Gasteiger partial charge in [-0.15, -0.1) is 0 Å². The van der Waals surface area contributed by atoms with E-state index in [1.54, 1.807) is 23.1 Å². The van der Waals surface area contributed by atoms with Crippen LogP contribution in [-0.2, 0) is 11.2 Å². The molecule has 0 aromatic heterocycles. The number of fused-ring (bicyclic) bond motifs is 1. The summed E-state index contributed by atoms with van der Waals surface area (Å²) in [5, 5.41) is 9.35. The Bertz CT molecular complexity index is 1070. The van der Waals surface area contributed by atoms with E-state index in [2.05, 4.69) is 0 Å². The summed E-state index contributed by atoms with van der Waals surface area (Å²) in [6.45, 7) is 1.31. The molecule has 8 heteroatoms. The maximum absolute atomic E-state index is 14.5. The number of Topliss-reactive ketones (excluding diaryl/α,β-unsaturated/α-hetero) is 1. The van der Waals surface area contributed by atoms with Crippen molar-refractivity contribution < 1.29 is 23.5 Å². The largest absolute Gasteiger partial charge is 0.492 e. The predicted molar refractivity (Wildman–Crippen MR) is 111 cm³/mol. The molecule has 0 atom stereocenters. The Morgan fingerprint density at radius 3 is 2.84 bits per heavy atom. The quantitative estimate of drug-likeness (QED) is 0.719. The highest BCUT2D eigenvalue weighted by Crippen LogP contribution is 2.30. The lowest BCUT2D eigenvalue weighted by atomic mass is 9.96. The molecule has 2 aromatic carbocycles. The van der Waals surface area contributed by atoms with Crippen LogP contribution in [0.5, 0.6) is 11.5 Å². The van der Waals surface area contributed by atoms with Gasteiger partial charge in [0.1, 0.15) is 35.0 Å². The summed E-state index contributed by atoms with van der Waals surface area (Å²) >= 11 is 6.17. The number of rotatable bonds is 4. The SMILES string of the molecule is N#Cc1cccc(OCC2CCN(C(=O)c3cc4c(cc3F)OCC(=O)C4)CC2)c1Cl. The Morgan fingerprint density at radius 2 is 2.10 bits per heavy atom. The van der Waals surface area contributed by atoms with Crippen molar-refractivity contribution in [1.29, 1.82) is 5.26 Å². The number of carbonyl (C=O) groups is 2. The van der Waals surface area contributed by atoms with E-state index in [-0.39, 0.29) is 36.2 Å². The molecular formula is C23H20ClFN2O4. The molecule has 0 N–H and O–H groups in total. The summed E-state index contributed by atoms with van der Waals surface area (Å²) in [6.07, 6.45) is 1.55. The highest BCUT2D eigenvalue weighted by Gasteiger charge is 2.28. The lowest BCUT2D eigenvalue weighted by molar-refractivity contribution is -0.121. The van der Waals surface area contributed by atoms with Crippen LogP contribution >= 0.6 is 11.6 Å². The van der Waals surface area contributed by atoms with Crippen LogP contribution in [0.2, 0.25) is 5.02 Å². The lowest BCUT2D eigenvalue weighted by Crippen LogP contribution is -2.40. The molecule has 1 amide bonds. The van der Waals surface area contributed by atoms with Gasteiger partial charge in [0.15, 0.2) is 5.78 Å². The second kappa shape index (κ2) is 8.94. The molecule has 0 spiro atoms. The standard InChI is InChI=1S/C23H20ClFN2O4/c24-22-15(11-26)2-1-3-20(22)30-12-14-4-6-27(7-5-14)23(29)18-9-16-8-17(28)13-31-21(16)10-19(18)25/h1-3,9-10,14H,4-8,12-13H2. The fourth-order valence-corrected chi connectivity index (χ4v) is 4.07. The molecule has 1 saturated heterocycles. The van der Waals surface area contributed by atoms with Crippen LogP contribution in [-0.4, -0.2) is 42.9 Å². The van der Waals surface area contributed by atoms with Crippen LogP contribution in [0.25, 0.3) is 0 Å². The maximum Gasteiger partial charge on any atom is 0.256 e. The Kier molecular flexibility index (Phi) is 6.10. The fraction of sp³-hybridized carbons (Fsp3) is 0.348. The number of amides is 1. The number of piperidine rings is 1. The molecular weight excluding hydrogens is 423 g/mol. The zero-order chi connectivity index (χ0) is 22.0. The van der Waals surface area contributed by atoms with Gasteiger partial charge in [0.05, 0.1) is 17.7 Å². The van der Waals surface area contributed by atoms with Crippen molar-refractivity contribution in [1.82, 2.24) is 4.90 Å². The molecule has 0 bridgehead atoms. The first-order valence-electron chi connectivity index (χ1n) is 10.0. The van der Waals surface area contributed by atoms with Gasteiger partial charge in [-0.2, -0.15) is 5.26 Å². The second-order valence-electron chi connectivity index (χ2n) is 7.72. The number of ketones is 1. The summed E-state index contributed by atoms with van der Waals surface area (Å²) < 4.78 is 25.5. The summed E-state index contributed by atoms with van der Waals surface area (Å²) in [4.78, 5) is 26.1. The number of hydrogen-bond acceptors (Lipinski definition) is 5. The molecule has 160 valence electrons. The van der Waals surface area contributed by atoms with Crippen molar-refractivity contribution in [2.24, 2.45) is 5.92 Å². The highest BCUT2D eigenvalue weighted by molar-refractivity contribution is 6.33. The van der Waals surface area contributed by atoms with Crippen LogP contribution in [0.15, 0.2) is 30.3 Å². The van der Waals surface area contributed by atoms with Gasteiger partial charge in [0.2, 0.25) is 0 Å². The third-order valence-electron chi connectivity index (χ3n) is 5.62. The Balaban J connectivity index is 1.36. The number of likely N-dealkylation sites (tertiary alicyclic amines) is 1. The molecule has 4 rings (SSSR count). The molecule has 0 unspecified atom stereocenters. The summed E-state index contributed by atoms with van der Waals surface area (Å²) in [6, 6.07) is 9.70. The zero-order valence-electron chi connectivity index (χ0n) is 16.7. The minimum atomic E-state index is -0.643. The molecule has 2 aliphatic heterocycles. The normalized spacial score (nSPS) is 16.3. The van der Waals surface area contributed by atoms with Crippen LogP contribution in [0.1, 0.15) is 34.3 Å². The number of benzene rings is 2. The van der Waals surface area contributed by atoms with Gasteiger partial charge in [0, 0.05) is 31.1 Å². The minimum absolute atomic E-state index is 0.0353. The monoisotopic (exact) mass is 442 g/mol. The number of halogens is 2. The van der Waals surface area contributed by atoms with Crippen LogP contribution in [0.4, 0.5) is 4.39 Å². The summed E-state index contributed by atoms with van der Waals surface area (Å²) in [5.74, 6) is -0.127.